The minimum Gasteiger partial charge on any atom is -0.422 e. The third-order valence-electron chi connectivity index (χ3n) is 3.33. The lowest BCUT2D eigenvalue weighted by atomic mass is 9.96. The molecule has 0 amide bonds. The van der Waals surface area contributed by atoms with Crippen LogP contribution in [0.1, 0.15) is 25.5 Å². The molecule has 2 nitrogen and oxygen atoms in total. The van der Waals surface area contributed by atoms with Gasteiger partial charge in [0, 0.05) is 5.57 Å². The van der Waals surface area contributed by atoms with E-state index in [0.717, 1.165) is 23.8 Å². The normalized spacial score (nSPS) is 15.4. The first-order chi connectivity index (χ1) is 8.75. The summed E-state index contributed by atoms with van der Waals surface area (Å²) in [6, 6.07) is 9.47. The number of rotatable bonds is 1. The second-order valence-electron chi connectivity index (χ2n) is 4.57. The van der Waals surface area contributed by atoms with Gasteiger partial charge in [-0.3, -0.25) is 0 Å². The van der Waals surface area contributed by atoms with E-state index in [4.69, 9.17) is 4.42 Å². The van der Waals surface area contributed by atoms with Crippen LogP contribution >= 0.6 is 0 Å². The fourth-order valence-electron chi connectivity index (χ4n) is 2.36. The third-order valence-corrected chi connectivity index (χ3v) is 3.33. The van der Waals surface area contributed by atoms with E-state index in [0.29, 0.717) is 11.1 Å². The molecule has 0 unspecified atom stereocenters. The molecule has 0 radical (unpaired) electrons. The smallest absolute Gasteiger partial charge is 0.344 e. The van der Waals surface area contributed by atoms with Gasteiger partial charge < -0.3 is 4.42 Å². The van der Waals surface area contributed by atoms with E-state index >= 15 is 0 Å². The maximum absolute atomic E-state index is 11.9. The van der Waals surface area contributed by atoms with Gasteiger partial charge in [-0.25, -0.2) is 4.79 Å². The van der Waals surface area contributed by atoms with E-state index in [1.807, 2.05) is 24.3 Å². The van der Waals surface area contributed by atoms with Gasteiger partial charge in [0.15, 0.2) is 0 Å². The molecule has 3 rings (SSSR count). The van der Waals surface area contributed by atoms with Crippen LogP contribution in [0.15, 0.2) is 57.3 Å². The van der Waals surface area contributed by atoms with Gasteiger partial charge in [-0.05, 0) is 42.9 Å². The summed E-state index contributed by atoms with van der Waals surface area (Å²) in [5.74, 6) is 0.673. The molecule has 1 aromatic heterocycles. The molecule has 0 spiro atoms. The lowest BCUT2D eigenvalue weighted by molar-refractivity contribution is 0.506. The van der Waals surface area contributed by atoms with Crippen LogP contribution in [0.3, 0.4) is 0 Å². The van der Waals surface area contributed by atoms with Crippen molar-refractivity contribution >= 4 is 16.3 Å². The molecule has 90 valence electrons. The van der Waals surface area contributed by atoms with Gasteiger partial charge in [-0.1, -0.05) is 30.4 Å². The molecule has 0 saturated carbocycles. The molecule has 2 heteroatoms. The Morgan fingerprint density at radius 3 is 2.72 bits per heavy atom. The molecule has 0 N–H and O–H groups in total. The molecule has 1 aliphatic rings. The number of hydrogen-bond acceptors (Lipinski definition) is 2. The highest BCUT2D eigenvalue weighted by Gasteiger charge is 2.12. The molecule has 0 aliphatic heterocycles. The highest BCUT2D eigenvalue weighted by Crippen LogP contribution is 2.28. The molecular weight excluding hydrogens is 224 g/mol. The van der Waals surface area contributed by atoms with E-state index in [1.165, 1.54) is 5.57 Å². The molecule has 18 heavy (non-hydrogen) atoms. The summed E-state index contributed by atoms with van der Waals surface area (Å²) in [4.78, 5) is 11.9. The van der Waals surface area contributed by atoms with Crippen molar-refractivity contribution in [3.8, 4) is 0 Å². The summed E-state index contributed by atoms with van der Waals surface area (Å²) in [7, 11) is 0. The first kappa shape index (κ1) is 11.0. The first-order valence-electron chi connectivity index (χ1n) is 6.16. The minimum absolute atomic E-state index is 0.262. The summed E-state index contributed by atoms with van der Waals surface area (Å²) < 4.78 is 5.44. The summed E-state index contributed by atoms with van der Waals surface area (Å²) in [6.45, 7) is 2.06. The topological polar surface area (TPSA) is 30.2 Å². The van der Waals surface area contributed by atoms with Crippen molar-refractivity contribution in [1.82, 2.24) is 0 Å². The molecule has 1 aliphatic carbocycles. The Morgan fingerprint density at radius 1 is 1.11 bits per heavy atom. The molecular formula is C16H14O2. The first-order valence-corrected chi connectivity index (χ1v) is 6.16. The maximum Gasteiger partial charge on any atom is 0.344 e. The van der Waals surface area contributed by atoms with Crippen LogP contribution in [0.4, 0.5) is 0 Å². The molecule has 0 bridgehead atoms. The number of allylic oxidation sites excluding steroid dienone is 4. The van der Waals surface area contributed by atoms with E-state index in [9.17, 15) is 4.79 Å². The summed E-state index contributed by atoms with van der Waals surface area (Å²) >= 11 is 0. The highest BCUT2D eigenvalue weighted by atomic mass is 16.4. The van der Waals surface area contributed by atoms with Crippen molar-refractivity contribution in [2.24, 2.45) is 0 Å². The lowest BCUT2D eigenvalue weighted by Crippen LogP contribution is -2.03. The zero-order valence-corrected chi connectivity index (χ0v) is 10.3. The molecule has 1 heterocycles. The highest BCUT2D eigenvalue weighted by molar-refractivity contribution is 5.86. The fourth-order valence-corrected chi connectivity index (χ4v) is 2.36. The van der Waals surface area contributed by atoms with E-state index in [1.54, 1.807) is 6.07 Å². The van der Waals surface area contributed by atoms with Gasteiger partial charge in [0.05, 0.1) is 5.39 Å². The van der Waals surface area contributed by atoms with Crippen molar-refractivity contribution in [3.63, 3.8) is 0 Å². The molecule has 0 saturated heterocycles. The number of benzene rings is 1. The Bertz CT molecular complexity index is 717. The van der Waals surface area contributed by atoms with Crippen LogP contribution < -0.4 is 5.63 Å². The van der Waals surface area contributed by atoms with Crippen molar-refractivity contribution < 1.29 is 4.42 Å². The Balaban J connectivity index is 2.22. The van der Waals surface area contributed by atoms with Gasteiger partial charge in [0.25, 0.3) is 0 Å². The molecule has 0 fully saturated rings. The van der Waals surface area contributed by atoms with Gasteiger partial charge in [0.2, 0.25) is 0 Å². The number of hydrogen-bond donors (Lipinski definition) is 0. The number of fused-ring (bicyclic) bond motifs is 1. The van der Waals surface area contributed by atoms with Gasteiger partial charge in [-0.15, -0.1) is 0 Å². The predicted molar refractivity (Wildman–Crippen MR) is 73.5 cm³/mol. The predicted octanol–water partition coefficient (Wildman–Crippen LogP) is 3.92. The van der Waals surface area contributed by atoms with Crippen LogP contribution in [0.2, 0.25) is 0 Å². The Morgan fingerprint density at radius 2 is 1.89 bits per heavy atom. The van der Waals surface area contributed by atoms with Crippen LogP contribution in [-0.2, 0) is 0 Å². The minimum atomic E-state index is -0.262. The van der Waals surface area contributed by atoms with E-state index in [2.05, 4.69) is 19.1 Å². The third kappa shape index (κ3) is 1.80. The average molecular weight is 238 g/mol. The van der Waals surface area contributed by atoms with Crippen LogP contribution in [0.25, 0.3) is 16.3 Å². The van der Waals surface area contributed by atoms with Crippen molar-refractivity contribution in [1.29, 1.82) is 0 Å². The lowest BCUT2D eigenvalue weighted by Gasteiger charge is -2.12. The van der Waals surface area contributed by atoms with Crippen LogP contribution in [0.5, 0.6) is 0 Å². The summed E-state index contributed by atoms with van der Waals surface area (Å²) in [5, 5.41) is 1.57. The average Bonchev–Trinajstić information content (AvgIpc) is 2.39. The second kappa shape index (κ2) is 4.30. The maximum atomic E-state index is 11.9. The van der Waals surface area contributed by atoms with E-state index in [-0.39, 0.29) is 5.63 Å². The SMILES string of the molecule is CC1=CCCC=C1c1cc2ccccc2c(=O)o1. The van der Waals surface area contributed by atoms with Crippen molar-refractivity contribution in [3.05, 3.63) is 64.2 Å². The standard InChI is InChI=1S/C16H14O2/c1-11-6-2-4-8-13(11)15-10-12-7-3-5-9-14(12)16(17)18-15/h3,5-10H,2,4H2,1H3. The quantitative estimate of drug-likeness (QED) is 0.753. The van der Waals surface area contributed by atoms with Gasteiger partial charge in [-0.2, -0.15) is 0 Å². The van der Waals surface area contributed by atoms with E-state index < -0.39 is 0 Å². The zero-order chi connectivity index (χ0) is 12.5. The molecule has 2 aromatic rings. The Labute approximate surface area is 105 Å². The van der Waals surface area contributed by atoms with Crippen LogP contribution in [-0.4, -0.2) is 0 Å². The fraction of sp³-hybridized carbons (Fsp3) is 0.188. The Kier molecular flexibility index (Phi) is 2.63. The summed E-state index contributed by atoms with van der Waals surface area (Å²) in [5.41, 5.74) is 1.96. The zero-order valence-electron chi connectivity index (χ0n) is 10.3. The van der Waals surface area contributed by atoms with Gasteiger partial charge >= 0.3 is 5.63 Å². The van der Waals surface area contributed by atoms with Gasteiger partial charge in [0.1, 0.15) is 5.76 Å². The van der Waals surface area contributed by atoms with Crippen molar-refractivity contribution in [2.45, 2.75) is 19.8 Å². The molecule has 0 atom stereocenters. The van der Waals surface area contributed by atoms with Crippen LogP contribution in [0, 0.1) is 0 Å². The van der Waals surface area contributed by atoms with Crippen molar-refractivity contribution in [2.75, 3.05) is 0 Å². The molecule has 1 aromatic carbocycles. The monoisotopic (exact) mass is 238 g/mol. The largest absolute Gasteiger partial charge is 0.422 e. The summed E-state index contributed by atoms with van der Waals surface area (Å²) in [6.07, 6.45) is 6.39. The Hall–Kier alpha value is -2.09. The second-order valence-corrected chi connectivity index (χ2v) is 4.57.